The van der Waals surface area contributed by atoms with Gasteiger partial charge in [-0.2, -0.15) is 0 Å². The Morgan fingerprint density at radius 3 is 2.00 bits per heavy atom. The summed E-state index contributed by atoms with van der Waals surface area (Å²) in [5.41, 5.74) is 1.25. The van der Waals surface area contributed by atoms with E-state index in [-0.39, 0.29) is 0 Å². The fraction of sp³-hybridized carbons (Fsp3) is 0.538. The van der Waals surface area contributed by atoms with Crippen LogP contribution in [0.5, 0.6) is 0 Å². The number of benzene rings is 1. The van der Waals surface area contributed by atoms with Crippen molar-refractivity contribution in [1.29, 1.82) is 0 Å². The molecule has 0 aliphatic rings. The maximum absolute atomic E-state index is 5.86. The number of methoxy groups -OCH3 is 2. The van der Waals surface area contributed by atoms with Gasteiger partial charge in [-0.25, -0.2) is 0 Å². The lowest BCUT2D eigenvalue weighted by molar-refractivity contribution is 0.110. The van der Waals surface area contributed by atoms with Gasteiger partial charge in [-0.1, -0.05) is 23.7 Å². The van der Waals surface area contributed by atoms with Crippen molar-refractivity contribution < 1.29 is 9.47 Å². The summed E-state index contributed by atoms with van der Waals surface area (Å²) >= 11 is 5.86. The van der Waals surface area contributed by atoms with Gasteiger partial charge in [0, 0.05) is 38.9 Å². The van der Waals surface area contributed by atoms with E-state index in [0.717, 1.165) is 37.9 Å². The lowest BCUT2D eigenvalue weighted by atomic mass is 10.2. The molecule has 0 N–H and O–H groups in total. The van der Waals surface area contributed by atoms with Gasteiger partial charge in [0.25, 0.3) is 0 Å². The van der Waals surface area contributed by atoms with Gasteiger partial charge in [0.2, 0.25) is 0 Å². The second-order valence-electron chi connectivity index (χ2n) is 3.89. The molecule has 3 nitrogen and oxygen atoms in total. The van der Waals surface area contributed by atoms with E-state index in [4.69, 9.17) is 21.1 Å². The van der Waals surface area contributed by atoms with Crippen LogP contribution in [0.2, 0.25) is 5.02 Å². The summed E-state index contributed by atoms with van der Waals surface area (Å²) < 4.78 is 10.2. The first kappa shape index (κ1) is 14.5. The number of hydrogen-bond donors (Lipinski definition) is 0. The maximum Gasteiger partial charge on any atom is 0.0589 e. The van der Waals surface area contributed by atoms with Gasteiger partial charge in [-0.3, -0.25) is 4.90 Å². The lowest BCUT2D eigenvalue weighted by Crippen LogP contribution is -2.30. The third kappa shape index (κ3) is 6.03. The molecule has 0 saturated carbocycles. The van der Waals surface area contributed by atoms with E-state index in [2.05, 4.69) is 17.0 Å². The van der Waals surface area contributed by atoms with Crippen molar-refractivity contribution in [2.24, 2.45) is 0 Å². The Labute approximate surface area is 108 Å². The van der Waals surface area contributed by atoms with Crippen molar-refractivity contribution in [3.05, 3.63) is 34.9 Å². The third-order valence-corrected chi connectivity index (χ3v) is 2.79. The predicted octanol–water partition coefficient (Wildman–Crippen LogP) is 2.43. The van der Waals surface area contributed by atoms with E-state index in [1.165, 1.54) is 5.56 Å². The van der Waals surface area contributed by atoms with E-state index < -0.39 is 0 Å². The summed E-state index contributed by atoms with van der Waals surface area (Å²) in [6.45, 7) is 4.17. The molecule has 0 saturated heterocycles. The maximum atomic E-state index is 5.86. The molecule has 1 aromatic rings. The molecule has 0 atom stereocenters. The first-order chi connectivity index (χ1) is 8.26. The molecule has 0 aliphatic carbocycles. The van der Waals surface area contributed by atoms with Gasteiger partial charge < -0.3 is 9.47 Å². The predicted molar refractivity (Wildman–Crippen MR) is 70.5 cm³/mol. The van der Waals surface area contributed by atoms with Gasteiger partial charge in [0.15, 0.2) is 0 Å². The van der Waals surface area contributed by atoms with Crippen molar-refractivity contribution in [2.75, 3.05) is 40.5 Å². The molecular weight excluding hydrogens is 238 g/mol. The van der Waals surface area contributed by atoms with E-state index in [9.17, 15) is 0 Å². The SMILES string of the molecule is COCCN(CCOC)Cc1ccc(Cl)cc1. The lowest BCUT2D eigenvalue weighted by Gasteiger charge is -2.21. The van der Waals surface area contributed by atoms with Crippen molar-refractivity contribution in [2.45, 2.75) is 6.54 Å². The summed E-state index contributed by atoms with van der Waals surface area (Å²) in [7, 11) is 3.44. The fourth-order valence-corrected chi connectivity index (χ4v) is 1.68. The van der Waals surface area contributed by atoms with Gasteiger partial charge in [0.05, 0.1) is 13.2 Å². The van der Waals surface area contributed by atoms with Crippen LogP contribution >= 0.6 is 11.6 Å². The summed E-state index contributed by atoms with van der Waals surface area (Å²) in [6.07, 6.45) is 0. The molecule has 0 aliphatic heterocycles. The van der Waals surface area contributed by atoms with Crippen LogP contribution in [0, 0.1) is 0 Å². The molecule has 1 rings (SSSR count). The molecular formula is C13H20ClNO2. The van der Waals surface area contributed by atoms with Crippen LogP contribution < -0.4 is 0 Å². The molecule has 4 heteroatoms. The molecule has 96 valence electrons. The van der Waals surface area contributed by atoms with Crippen LogP contribution in [0.25, 0.3) is 0 Å². The van der Waals surface area contributed by atoms with Crippen molar-refractivity contribution in [3.8, 4) is 0 Å². The van der Waals surface area contributed by atoms with Gasteiger partial charge in [0.1, 0.15) is 0 Å². The molecule has 0 aromatic heterocycles. The van der Waals surface area contributed by atoms with E-state index in [0.29, 0.717) is 0 Å². The average molecular weight is 258 g/mol. The van der Waals surface area contributed by atoms with E-state index in [1.54, 1.807) is 14.2 Å². The molecule has 0 unspecified atom stereocenters. The second kappa shape index (κ2) is 8.48. The van der Waals surface area contributed by atoms with Crippen LogP contribution in [0.1, 0.15) is 5.56 Å². The zero-order valence-electron chi connectivity index (χ0n) is 10.5. The molecule has 0 fully saturated rings. The Hall–Kier alpha value is -0.610. The summed E-state index contributed by atoms with van der Waals surface area (Å²) in [4.78, 5) is 2.30. The zero-order valence-corrected chi connectivity index (χ0v) is 11.2. The Morgan fingerprint density at radius 2 is 1.53 bits per heavy atom. The zero-order chi connectivity index (χ0) is 12.5. The van der Waals surface area contributed by atoms with Gasteiger partial charge in [-0.15, -0.1) is 0 Å². The number of nitrogens with zero attached hydrogens (tertiary/aromatic N) is 1. The molecule has 0 bridgehead atoms. The molecule has 0 heterocycles. The molecule has 0 radical (unpaired) electrons. The van der Waals surface area contributed by atoms with E-state index in [1.807, 2.05) is 12.1 Å². The highest BCUT2D eigenvalue weighted by atomic mass is 35.5. The topological polar surface area (TPSA) is 21.7 Å². The Morgan fingerprint density at radius 1 is 1.00 bits per heavy atom. The van der Waals surface area contributed by atoms with E-state index >= 15 is 0 Å². The summed E-state index contributed by atoms with van der Waals surface area (Å²) in [6, 6.07) is 7.94. The van der Waals surface area contributed by atoms with Crippen LogP contribution in [0.3, 0.4) is 0 Å². The first-order valence-electron chi connectivity index (χ1n) is 5.71. The van der Waals surface area contributed by atoms with Crippen LogP contribution in [-0.4, -0.2) is 45.4 Å². The smallest absolute Gasteiger partial charge is 0.0589 e. The van der Waals surface area contributed by atoms with Crippen LogP contribution in [-0.2, 0) is 16.0 Å². The van der Waals surface area contributed by atoms with Crippen LogP contribution in [0.15, 0.2) is 24.3 Å². The first-order valence-corrected chi connectivity index (χ1v) is 6.08. The Kier molecular flexibility index (Phi) is 7.21. The summed E-state index contributed by atoms with van der Waals surface area (Å²) in [5, 5.41) is 0.772. The van der Waals surface area contributed by atoms with Gasteiger partial charge >= 0.3 is 0 Å². The molecule has 1 aromatic carbocycles. The average Bonchev–Trinajstić information content (AvgIpc) is 2.35. The largest absolute Gasteiger partial charge is 0.383 e. The standard InChI is InChI=1S/C13H20ClNO2/c1-16-9-7-15(8-10-17-2)11-12-3-5-13(14)6-4-12/h3-6H,7-11H2,1-2H3. The van der Waals surface area contributed by atoms with Crippen molar-refractivity contribution in [1.82, 2.24) is 4.90 Å². The highest BCUT2D eigenvalue weighted by Crippen LogP contribution is 2.11. The molecule has 0 amide bonds. The van der Waals surface area contributed by atoms with Crippen molar-refractivity contribution in [3.63, 3.8) is 0 Å². The molecule has 17 heavy (non-hydrogen) atoms. The summed E-state index contributed by atoms with van der Waals surface area (Å²) in [5.74, 6) is 0. The highest BCUT2D eigenvalue weighted by Gasteiger charge is 2.05. The quantitative estimate of drug-likeness (QED) is 0.714. The highest BCUT2D eigenvalue weighted by molar-refractivity contribution is 6.30. The molecule has 0 spiro atoms. The number of halogens is 1. The fourth-order valence-electron chi connectivity index (χ4n) is 1.56. The monoisotopic (exact) mass is 257 g/mol. The Balaban J connectivity index is 2.48. The normalized spacial score (nSPS) is 11.1. The third-order valence-electron chi connectivity index (χ3n) is 2.54. The minimum absolute atomic E-state index is 0.733. The number of hydrogen-bond acceptors (Lipinski definition) is 3. The van der Waals surface area contributed by atoms with Crippen molar-refractivity contribution >= 4 is 11.6 Å². The second-order valence-corrected chi connectivity index (χ2v) is 4.32. The minimum Gasteiger partial charge on any atom is -0.383 e. The Bertz CT molecular complexity index is 295. The van der Waals surface area contributed by atoms with Gasteiger partial charge in [-0.05, 0) is 17.7 Å². The number of ether oxygens (including phenoxy) is 2. The van der Waals surface area contributed by atoms with Crippen LogP contribution in [0.4, 0.5) is 0 Å². The number of rotatable bonds is 8. The minimum atomic E-state index is 0.733.